The quantitative estimate of drug-likeness (QED) is 0.281. The number of nitrogens with one attached hydrogen (secondary N) is 1. The minimum Gasteiger partial charge on any atom is -0.481 e. The van der Waals surface area contributed by atoms with E-state index in [-0.39, 0.29) is 0 Å². The fourth-order valence-electron chi connectivity index (χ4n) is 0.392. The van der Waals surface area contributed by atoms with Gasteiger partial charge in [0.05, 0.1) is 6.42 Å². The molecular formula is C4H8N2O4. The third-order valence-corrected chi connectivity index (χ3v) is 0.878. The Bertz CT molecular complexity index is 146. The third-order valence-electron chi connectivity index (χ3n) is 0.878. The van der Waals surface area contributed by atoms with Crippen LogP contribution in [0.15, 0.2) is 0 Å². The molecule has 1 atom stereocenters. The van der Waals surface area contributed by atoms with Gasteiger partial charge in [-0.2, -0.15) is 0 Å². The van der Waals surface area contributed by atoms with Crippen LogP contribution in [0.1, 0.15) is 6.42 Å². The van der Waals surface area contributed by atoms with E-state index in [1.54, 1.807) is 0 Å². The Labute approximate surface area is 56.6 Å². The molecule has 0 fully saturated rings. The van der Waals surface area contributed by atoms with E-state index in [0.717, 1.165) is 0 Å². The highest BCUT2D eigenvalue weighted by Gasteiger charge is 2.18. The average molecular weight is 148 g/mol. The lowest BCUT2D eigenvalue weighted by Gasteiger charge is -2.05. The molecule has 0 aromatic heterocycles. The van der Waals surface area contributed by atoms with Crippen molar-refractivity contribution in [3.63, 3.8) is 0 Å². The van der Waals surface area contributed by atoms with E-state index in [4.69, 9.17) is 16.1 Å². The molecule has 0 saturated heterocycles. The van der Waals surface area contributed by atoms with Gasteiger partial charge < -0.3 is 10.2 Å². The first-order valence-corrected chi connectivity index (χ1v) is 2.48. The van der Waals surface area contributed by atoms with Crippen molar-refractivity contribution in [2.75, 3.05) is 0 Å². The molecule has 0 radical (unpaired) electrons. The Morgan fingerprint density at radius 2 is 2.00 bits per heavy atom. The summed E-state index contributed by atoms with van der Waals surface area (Å²) in [4.78, 5) is 20.0. The van der Waals surface area contributed by atoms with E-state index in [1.807, 2.05) is 5.43 Å². The normalized spacial score (nSPS) is 12.5. The second-order valence-electron chi connectivity index (χ2n) is 1.66. The molecule has 10 heavy (non-hydrogen) atoms. The van der Waals surface area contributed by atoms with Gasteiger partial charge in [0.1, 0.15) is 6.04 Å². The summed E-state index contributed by atoms with van der Waals surface area (Å²) in [5.74, 6) is 2.25. The van der Waals surface area contributed by atoms with Crippen LogP contribution in [0, 0.1) is 0 Å². The number of aliphatic carboxylic acids is 2. The molecule has 0 unspecified atom stereocenters. The maximum Gasteiger partial charge on any atom is 0.322 e. The minimum atomic E-state index is -1.27. The van der Waals surface area contributed by atoms with Crippen LogP contribution in [0.3, 0.4) is 0 Å². The lowest BCUT2D eigenvalue weighted by molar-refractivity contribution is -0.145. The summed E-state index contributed by atoms with van der Waals surface area (Å²) in [6, 6.07) is -1.21. The van der Waals surface area contributed by atoms with Gasteiger partial charge in [-0.1, -0.05) is 0 Å². The standard InChI is InChI=1S/C4H8N2O4/c5-6-2(4(9)10)1-3(7)8/h2,6H,1,5H2,(H,7,8)(H,9,10)/t2-/m1/s1. The zero-order valence-corrected chi connectivity index (χ0v) is 5.07. The molecule has 0 bridgehead atoms. The molecule has 0 aliphatic carbocycles. The fraction of sp³-hybridized carbons (Fsp3) is 0.500. The van der Waals surface area contributed by atoms with Gasteiger partial charge >= 0.3 is 11.9 Å². The van der Waals surface area contributed by atoms with Gasteiger partial charge in [-0.25, -0.2) is 5.43 Å². The van der Waals surface area contributed by atoms with Crippen molar-refractivity contribution in [1.29, 1.82) is 0 Å². The number of carboxylic acid groups (broad SMARTS) is 2. The molecule has 0 rings (SSSR count). The Hall–Kier alpha value is -1.14. The van der Waals surface area contributed by atoms with Gasteiger partial charge in [-0.15, -0.1) is 0 Å². The van der Waals surface area contributed by atoms with Crippen LogP contribution in [0.2, 0.25) is 0 Å². The highest BCUT2D eigenvalue weighted by atomic mass is 16.4. The molecule has 58 valence electrons. The monoisotopic (exact) mass is 148 g/mol. The Morgan fingerprint density at radius 1 is 1.50 bits per heavy atom. The van der Waals surface area contributed by atoms with E-state index in [9.17, 15) is 9.59 Å². The summed E-state index contributed by atoms with van der Waals surface area (Å²) < 4.78 is 0. The molecule has 0 aliphatic rings. The molecule has 5 N–H and O–H groups in total. The van der Waals surface area contributed by atoms with Crippen LogP contribution in [-0.4, -0.2) is 28.2 Å². The molecule has 6 nitrogen and oxygen atoms in total. The van der Waals surface area contributed by atoms with Crippen LogP contribution >= 0.6 is 0 Å². The molecule has 0 saturated carbocycles. The molecule has 0 aromatic carbocycles. The van der Waals surface area contributed by atoms with E-state index >= 15 is 0 Å². The average Bonchev–Trinajstić information content (AvgIpc) is 1.81. The largest absolute Gasteiger partial charge is 0.481 e. The van der Waals surface area contributed by atoms with Gasteiger partial charge in [0, 0.05) is 0 Å². The van der Waals surface area contributed by atoms with Gasteiger partial charge in [-0.3, -0.25) is 15.4 Å². The number of nitrogens with two attached hydrogens (primary N) is 1. The molecule has 0 amide bonds. The van der Waals surface area contributed by atoms with E-state index in [1.165, 1.54) is 0 Å². The SMILES string of the molecule is NN[C@H](CC(=O)O)C(=O)O. The van der Waals surface area contributed by atoms with Gasteiger partial charge in [0.25, 0.3) is 0 Å². The van der Waals surface area contributed by atoms with Crippen molar-refractivity contribution < 1.29 is 19.8 Å². The predicted molar refractivity (Wildman–Crippen MR) is 31.0 cm³/mol. The van der Waals surface area contributed by atoms with E-state index in [0.29, 0.717) is 0 Å². The molecule has 0 aromatic rings. The second-order valence-corrected chi connectivity index (χ2v) is 1.66. The van der Waals surface area contributed by atoms with Crippen molar-refractivity contribution in [1.82, 2.24) is 5.43 Å². The van der Waals surface area contributed by atoms with E-state index < -0.39 is 24.4 Å². The molecule has 6 heteroatoms. The van der Waals surface area contributed by atoms with Gasteiger partial charge in [0.2, 0.25) is 0 Å². The lowest BCUT2D eigenvalue weighted by atomic mass is 10.2. The first kappa shape index (κ1) is 8.86. The number of carboxylic acids is 2. The van der Waals surface area contributed by atoms with Crippen molar-refractivity contribution in [3.8, 4) is 0 Å². The fourth-order valence-corrected chi connectivity index (χ4v) is 0.392. The van der Waals surface area contributed by atoms with Crippen LogP contribution in [0.5, 0.6) is 0 Å². The van der Waals surface area contributed by atoms with Crippen LogP contribution in [-0.2, 0) is 9.59 Å². The Morgan fingerprint density at radius 3 is 2.10 bits per heavy atom. The van der Waals surface area contributed by atoms with Crippen molar-refractivity contribution in [2.45, 2.75) is 12.5 Å². The summed E-state index contributed by atoms with van der Waals surface area (Å²) in [5.41, 5.74) is 1.85. The molecular weight excluding hydrogens is 140 g/mol. The maximum absolute atomic E-state index is 10.1. The smallest absolute Gasteiger partial charge is 0.322 e. The maximum atomic E-state index is 10.1. The Kier molecular flexibility index (Phi) is 3.37. The zero-order chi connectivity index (χ0) is 8.15. The van der Waals surface area contributed by atoms with Crippen molar-refractivity contribution >= 4 is 11.9 Å². The van der Waals surface area contributed by atoms with Gasteiger partial charge in [0.15, 0.2) is 0 Å². The zero-order valence-electron chi connectivity index (χ0n) is 5.07. The number of hydrogen-bond donors (Lipinski definition) is 4. The summed E-state index contributed by atoms with van der Waals surface area (Å²) in [6.07, 6.45) is -0.522. The number of hydrogen-bond acceptors (Lipinski definition) is 4. The highest BCUT2D eigenvalue weighted by Crippen LogP contribution is 1.89. The molecule has 0 heterocycles. The van der Waals surface area contributed by atoms with Crippen LogP contribution in [0.25, 0.3) is 0 Å². The molecule has 0 aliphatic heterocycles. The van der Waals surface area contributed by atoms with Crippen molar-refractivity contribution in [3.05, 3.63) is 0 Å². The predicted octanol–water partition coefficient (Wildman–Crippen LogP) is -1.62. The van der Waals surface area contributed by atoms with Crippen LogP contribution in [0.4, 0.5) is 0 Å². The second kappa shape index (κ2) is 3.80. The third kappa shape index (κ3) is 3.00. The van der Waals surface area contributed by atoms with E-state index in [2.05, 4.69) is 0 Å². The lowest BCUT2D eigenvalue weighted by Crippen LogP contribution is -2.42. The van der Waals surface area contributed by atoms with Crippen LogP contribution < -0.4 is 11.3 Å². The summed E-state index contributed by atoms with van der Waals surface area (Å²) >= 11 is 0. The molecule has 0 spiro atoms. The highest BCUT2D eigenvalue weighted by molar-refractivity contribution is 5.80. The minimum absolute atomic E-state index is 0.522. The van der Waals surface area contributed by atoms with Gasteiger partial charge in [-0.05, 0) is 0 Å². The summed E-state index contributed by atoms with van der Waals surface area (Å²) in [5, 5.41) is 16.3. The first-order chi connectivity index (χ1) is 4.57. The summed E-state index contributed by atoms with van der Waals surface area (Å²) in [6.45, 7) is 0. The number of rotatable bonds is 4. The Balaban J connectivity index is 3.83. The number of carbonyl (C=O) groups is 2. The topological polar surface area (TPSA) is 113 Å². The number of hydrazine groups is 1. The van der Waals surface area contributed by atoms with Crippen molar-refractivity contribution in [2.24, 2.45) is 5.84 Å². The first-order valence-electron chi connectivity index (χ1n) is 2.48. The summed E-state index contributed by atoms with van der Waals surface area (Å²) in [7, 11) is 0.